The molecule has 0 radical (unpaired) electrons. The van der Waals surface area contributed by atoms with Gasteiger partial charge in [0.2, 0.25) is 10.0 Å². The highest BCUT2D eigenvalue weighted by molar-refractivity contribution is 7.89. The quantitative estimate of drug-likeness (QED) is 0.657. The van der Waals surface area contributed by atoms with Crippen molar-refractivity contribution in [3.8, 4) is 11.3 Å². The number of nitrogens with zero attached hydrogens (tertiary/aromatic N) is 2. The first kappa shape index (κ1) is 19.3. The van der Waals surface area contributed by atoms with Crippen molar-refractivity contribution >= 4 is 10.0 Å². The maximum Gasteiger partial charge on any atom is 0.242 e. The summed E-state index contributed by atoms with van der Waals surface area (Å²) in [6.07, 6.45) is 1.80. The Morgan fingerprint density at radius 2 is 1.67 bits per heavy atom. The first-order valence-electron chi connectivity index (χ1n) is 8.70. The van der Waals surface area contributed by atoms with Gasteiger partial charge in [0.25, 0.3) is 0 Å². The third-order valence-electron chi connectivity index (χ3n) is 4.42. The fraction of sp³-hybridized carbons (Fsp3) is 0.250. The van der Waals surface area contributed by atoms with Crippen LogP contribution < -0.4 is 5.32 Å². The minimum atomic E-state index is -3.47. The van der Waals surface area contributed by atoms with Gasteiger partial charge in [0.15, 0.2) is 0 Å². The van der Waals surface area contributed by atoms with E-state index in [0.717, 1.165) is 22.4 Å². The molecular formula is C20H24N4O2S. The molecule has 27 heavy (non-hydrogen) atoms. The largest absolute Gasteiger partial charge is 0.308 e. The van der Waals surface area contributed by atoms with Crippen LogP contribution in [0.5, 0.6) is 0 Å². The second kappa shape index (κ2) is 8.04. The van der Waals surface area contributed by atoms with E-state index < -0.39 is 10.0 Å². The number of benzene rings is 2. The first-order chi connectivity index (χ1) is 12.9. The van der Waals surface area contributed by atoms with Crippen LogP contribution in [-0.4, -0.2) is 37.0 Å². The zero-order chi connectivity index (χ0) is 19.4. The van der Waals surface area contributed by atoms with Crippen LogP contribution in [0.1, 0.15) is 16.7 Å². The van der Waals surface area contributed by atoms with Crippen LogP contribution in [0.15, 0.2) is 59.6 Å². The van der Waals surface area contributed by atoms with Crippen molar-refractivity contribution in [2.24, 2.45) is 0 Å². The Labute approximate surface area is 160 Å². The predicted molar refractivity (Wildman–Crippen MR) is 107 cm³/mol. The maximum atomic E-state index is 12.5. The van der Waals surface area contributed by atoms with Crippen LogP contribution in [0.2, 0.25) is 0 Å². The summed E-state index contributed by atoms with van der Waals surface area (Å²) < 4.78 is 26.2. The van der Waals surface area contributed by atoms with Crippen molar-refractivity contribution in [1.82, 2.24) is 19.8 Å². The van der Waals surface area contributed by atoms with Crippen molar-refractivity contribution in [2.45, 2.75) is 24.9 Å². The SMILES string of the molecule is Cc1ccc(-c2[nH]ncc2CNCc2ccccc2S(=O)(=O)N(C)C)cc1. The molecule has 2 aromatic carbocycles. The fourth-order valence-electron chi connectivity index (χ4n) is 2.85. The highest BCUT2D eigenvalue weighted by Gasteiger charge is 2.20. The molecule has 6 nitrogen and oxygen atoms in total. The van der Waals surface area contributed by atoms with Gasteiger partial charge in [-0.05, 0) is 24.1 Å². The Morgan fingerprint density at radius 3 is 2.37 bits per heavy atom. The van der Waals surface area contributed by atoms with Crippen LogP contribution in [0.25, 0.3) is 11.3 Å². The zero-order valence-electron chi connectivity index (χ0n) is 15.7. The van der Waals surface area contributed by atoms with Crippen molar-refractivity contribution in [2.75, 3.05) is 14.1 Å². The van der Waals surface area contributed by atoms with E-state index in [1.807, 2.05) is 12.1 Å². The summed E-state index contributed by atoms with van der Waals surface area (Å²) in [7, 11) is -0.391. The monoisotopic (exact) mass is 384 g/mol. The van der Waals surface area contributed by atoms with Crippen LogP contribution >= 0.6 is 0 Å². The lowest BCUT2D eigenvalue weighted by atomic mass is 10.1. The molecule has 142 valence electrons. The predicted octanol–water partition coefficient (Wildman–Crippen LogP) is 2.93. The standard InChI is InChI=1S/C20H24N4O2S/c1-15-8-10-16(11-9-15)20-18(14-22-23-20)13-21-12-17-6-4-5-7-19(17)27(25,26)24(2)3/h4-11,14,21H,12-13H2,1-3H3,(H,22,23). The second-order valence-corrected chi connectivity index (χ2v) is 8.76. The summed E-state index contributed by atoms with van der Waals surface area (Å²) in [5.41, 5.74) is 5.03. The normalized spacial score (nSPS) is 11.9. The summed E-state index contributed by atoms with van der Waals surface area (Å²) in [6, 6.07) is 15.3. The first-order valence-corrected chi connectivity index (χ1v) is 10.1. The molecule has 3 rings (SSSR count). The van der Waals surface area contributed by atoms with E-state index in [0.29, 0.717) is 18.0 Å². The van der Waals surface area contributed by atoms with E-state index in [2.05, 4.69) is 46.7 Å². The van der Waals surface area contributed by atoms with Gasteiger partial charge in [0.1, 0.15) is 0 Å². The van der Waals surface area contributed by atoms with E-state index in [4.69, 9.17) is 0 Å². The van der Waals surface area contributed by atoms with E-state index in [1.54, 1.807) is 32.4 Å². The van der Waals surface area contributed by atoms with Gasteiger partial charge in [-0.15, -0.1) is 0 Å². The van der Waals surface area contributed by atoms with Crippen molar-refractivity contribution in [3.63, 3.8) is 0 Å². The molecular weight excluding hydrogens is 360 g/mol. The van der Waals surface area contributed by atoms with Gasteiger partial charge in [0, 0.05) is 32.7 Å². The topological polar surface area (TPSA) is 78.1 Å². The minimum absolute atomic E-state index is 0.327. The number of hydrogen-bond donors (Lipinski definition) is 2. The molecule has 7 heteroatoms. The highest BCUT2D eigenvalue weighted by Crippen LogP contribution is 2.22. The Hall–Kier alpha value is -2.48. The van der Waals surface area contributed by atoms with Gasteiger partial charge < -0.3 is 5.32 Å². The van der Waals surface area contributed by atoms with Crippen LogP contribution in [0, 0.1) is 6.92 Å². The molecule has 0 saturated heterocycles. The number of hydrogen-bond acceptors (Lipinski definition) is 4. The van der Waals surface area contributed by atoms with E-state index in [9.17, 15) is 8.42 Å². The number of rotatable bonds is 7. The Bertz CT molecular complexity index is 1010. The van der Waals surface area contributed by atoms with Gasteiger partial charge in [0.05, 0.1) is 16.8 Å². The van der Waals surface area contributed by atoms with Gasteiger partial charge in [-0.25, -0.2) is 12.7 Å². The lowest BCUT2D eigenvalue weighted by molar-refractivity contribution is 0.518. The molecule has 0 fully saturated rings. The van der Waals surface area contributed by atoms with Crippen LogP contribution in [0.3, 0.4) is 0 Å². The average molecular weight is 385 g/mol. The lowest BCUT2D eigenvalue weighted by Crippen LogP contribution is -2.24. The lowest BCUT2D eigenvalue weighted by Gasteiger charge is -2.15. The Morgan fingerprint density at radius 1 is 1.00 bits per heavy atom. The molecule has 0 unspecified atom stereocenters. The molecule has 0 atom stereocenters. The van der Waals surface area contributed by atoms with E-state index >= 15 is 0 Å². The van der Waals surface area contributed by atoms with Crippen LogP contribution in [-0.2, 0) is 23.1 Å². The van der Waals surface area contributed by atoms with Gasteiger partial charge in [-0.3, -0.25) is 5.10 Å². The summed E-state index contributed by atoms with van der Waals surface area (Å²) >= 11 is 0. The molecule has 2 N–H and O–H groups in total. The number of sulfonamides is 1. The second-order valence-electron chi connectivity index (χ2n) is 6.63. The van der Waals surface area contributed by atoms with Crippen LogP contribution in [0.4, 0.5) is 0 Å². The molecule has 0 aliphatic heterocycles. The Kier molecular flexibility index (Phi) is 5.74. The molecule has 0 bridgehead atoms. The number of aromatic amines is 1. The summed E-state index contributed by atoms with van der Waals surface area (Å²) in [6.45, 7) is 3.08. The maximum absolute atomic E-state index is 12.5. The third-order valence-corrected chi connectivity index (χ3v) is 6.34. The summed E-state index contributed by atoms with van der Waals surface area (Å²) in [5.74, 6) is 0. The molecule has 0 aliphatic carbocycles. The molecule has 1 heterocycles. The number of H-pyrrole nitrogens is 1. The Balaban J connectivity index is 1.74. The molecule has 3 aromatic rings. The zero-order valence-corrected chi connectivity index (χ0v) is 16.5. The smallest absolute Gasteiger partial charge is 0.242 e. The van der Waals surface area contributed by atoms with E-state index in [1.165, 1.54) is 9.87 Å². The average Bonchev–Trinajstić information content (AvgIpc) is 3.11. The molecule has 0 aliphatic rings. The van der Waals surface area contributed by atoms with Crippen molar-refractivity contribution in [1.29, 1.82) is 0 Å². The third kappa shape index (κ3) is 4.27. The number of nitrogens with one attached hydrogen (secondary N) is 2. The van der Waals surface area contributed by atoms with Crippen molar-refractivity contribution in [3.05, 3.63) is 71.4 Å². The number of aryl methyl sites for hydroxylation is 1. The molecule has 0 saturated carbocycles. The molecule has 0 amide bonds. The van der Waals surface area contributed by atoms with Crippen molar-refractivity contribution < 1.29 is 8.42 Å². The fourth-order valence-corrected chi connectivity index (χ4v) is 3.96. The van der Waals surface area contributed by atoms with Gasteiger partial charge in [-0.2, -0.15) is 5.10 Å². The highest BCUT2D eigenvalue weighted by atomic mass is 32.2. The minimum Gasteiger partial charge on any atom is -0.308 e. The number of aromatic nitrogens is 2. The summed E-state index contributed by atoms with van der Waals surface area (Å²) in [4.78, 5) is 0.327. The van der Waals surface area contributed by atoms with Gasteiger partial charge >= 0.3 is 0 Å². The summed E-state index contributed by atoms with van der Waals surface area (Å²) in [5, 5.41) is 10.5. The molecule has 1 aromatic heterocycles. The van der Waals surface area contributed by atoms with Gasteiger partial charge in [-0.1, -0.05) is 48.0 Å². The molecule has 0 spiro atoms. The van der Waals surface area contributed by atoms with E-state index in [-0.39, 0.29) is 0 Å².